The van der Waals surface area contributed by atoms with E-state index in [1.165, 1.54) is 31.2 Å². The summed E-state index contributed by atoms with van der Waals surface area (Å²) < 4.78 is 6.12. The first-order chi connectivity index (χ1) is 15.0. The first-order valence-electron chi connectivity index (χ1n) is 12.0. The second-order valence-corrected chi connectivity index (χ2v) is 9.03. The normalized spacial score (nSPS) is 18.7. The van der Waals surface area contributed by atoms with Crippen LogP contribution in [0.4, 0.5) is 10.5 Å². The lowest BCUT2D eigenvalue weighted by atomic mass is 9.92. The van der Waals surface area contributed by atoms with Crippen LogP contribution in [0.1, 0.15) is 63.4 Å². The highest BCUT2D eigenvalue weighted by Gasteiger charge is 2.26. The minimum absolute atomic E-state index is 0.0242. The molecule has 31 heavy (non-hydrogen) atoms. The maximum Gasteiger partial charge on any atom is 0.321 e. The average molecular weight is 430 g/mol. The van der Waals surface area contributed by atoms with E-state index in [-0.39, 0.29) is 6.03 Å². The van der Waals surface area contributed by atoms with E-state index in [0.29, 0.717) is 12.1 Å². The van der Waals surface area contributed by atoms with Gasteiger partial charge in [0.1, 0.15) is 0 Å². The molecule has 1 aromatic rings. The summed E-state index contributed by atoms with van der Waals surface area (Å²) in [5.74, 6) is 0. The molecule has 2 rings (SSSR count). The third-order valence-electron chi connectivity index (χ3n) is 6.29. The summed E-state index contributed by atoms with van der Waals surface area (Å²) in [6.45, 7) is 8.83. The summed E-state index contributed by atoms with van der Waals surface area (Å²) in [5.41, 5.74) is 2.04. The first-order valence-corrected chi connectivity index (χ1v) is 12.0. The van der Waals surface area contributed by atoms with Crippen molar-refractivity contribution in [1.82, 2.24) is 9.80 Å². The van der Waals surface area contributed by atoms with Crippen molar-refractivity contribution in [2.75, 3.05) is 39.1 Å². The molecule has 0 aromatic heterocycles. The van der Waals surface area contributed by atoms with Crippen LogP contribution in [0.2, 0.25) is 0 Å². The Morgan fingerprint density at radius 2 is 1.71 bits per heavy atom. The number of unbranched alkanes of at least 4 members (excludes halogenated alkanes) is 4. The number of benzene rings is 1. The SMILES string of the molecule is C=CCN(C)CCCCCCCO[C@H]1CC[C@H](N(C)C(=O)Nc2ccc(C)cc2)CC1. The molecule has 1 aromatic carbocycles. The third kappa shape index (κ3) is 9.88. The second-order valence-electron chi connectivity index (χ2n) is 9.03. The number of anilines is 1. The summed E-state index contributed by atoms with van der Waals surface area (Å²) >= 11 is 0. The van der Waals surface area contributed by atoms with Gasteiger partial charge in [0, 0.05) is 31.9 Å². The third-order valence-corrected chi connectivity index (χ3v) is 6.29. The average Bonchev–Trinajstić information content (AvgIpc) is 2.77. The predicted molar refractivity (Wildman–Crippen MR) is 131 cm³/mol. The van der Waals surface area contributed by atoms with Gasteiger partial charge in [-0.25, -0.2) is 4.79 Å². The fourth-order valence-corrected chi connectivity index (χ4v) is 4.19. The molecule has 0 radical (unpaired) electrons. The smallest absolute Gasteiger partial charge is 0.321 e. The number of urea groups is 1. The zero-order valence-electron chi connectivity index (χ0n) is 19.9. The van der Waals surface area contributed by atoms with Crippen molar-refractivity contribution in [3.63, 3.8) is 0 Å². The van der Waals surface area contributed by atoms with E-state index in [0.717, 1.165) is 57.5 Å². The van der Waals surface area contributed by atoms with Crippen molar-refractivity contribution in [3.05, 3.63) is 42.5 Å². The Balaban J connectivity index is 1.52. The highest BCUT2D eigenvalue weighted by molar-refractivity contribution is 5.89. The zero-order valence-corrected chi connectivity index (χ0v) is 19.9. The van der Waals surface area contributed by atoms with Crippen LogP contribution >= 0.6 is 0 Å². The standard InChI is InChI=1S/C26H43N3O2/c1-5-19-28(3)20-9-7-6-8-10-21-31-25-17-15-24(16-18-25)29(4)26(30)27-23-13-11-22(2)12-14-23/h5,11-14,24-25H,1,6-10,15-21H2,2-4H3,(H,27,30)/t24-,25-. The van der Waals surface area contributed by atoms with Crippen LogP contribution in [-0.4, -0.2) is 61.8 Å². The van der Waals surface area contributed by atoms with Crippen LogP contribution in [-0.2, 0) is 4.74 Å². The van der Waals surface area contributed by atoms with E-state index in [1.807, 2.05) is 49.2 Å². The van der Waals surface area contributed by atoms with E-state index < -0.39 is 0 Å². The molecule has 1 fully saturated rings. The summed E-state index contributed by atoms with van der Waals surface area (Å²) in [7, 11) is 4.06. The largest absolute Gasteiger partial charge is 0.378 e. The van der Waals surface area contributed by atoms with Gasteiger partial charge in [-0.2, -0.15) is 0 Å². The summed E-state index contributed by atoms with van der Waals surface area (Å²) in [6, 6.07) is 8.20. The predicted octanol–water partition coefficient (Wildman–Crippen LogP) is 5.85. The van der Waals surface area contributed by atoms with E-state index in [2.05, 4.69) is 23.8 Å². The number of likely N-dealkylation sites (N-methyl/N-ethyl adjacent to an activating group) is 1. The highest BCUT2D eigenvalue weighted by atomic mass is 16.5. The molecule has 0 bridgehead atoms. The number of hydrogen-bond donors (Lipinski definition) is 1. The Morgan fingerprint density at radius 1 is 1.06 bits per heavy atom. The van der Waals surface area contributed by atoms with Gasteiger partial charge in [-0.05, 0) is 71.2 Å². The van der Waals surface area contributed by atoms with E-state index in [9.17, 15) is 4.79 Å². The molecule has 1 saturated carbocycles. The molecule has 0 heterocycles. The summed E-state index contributed by atoms with van der Waals surface area (Å²) in [5, 5.41) is 3.00. The number of carbonyl (C=O) groups excluding carboxylic acids is 1. The number of amides is 2. The van der Waals surface area contributed by atoms with Gasteiger partial charge in [0.2, 0.25) is 0 Å². The molecule has 2 amide bonds. The number of rotatable bonds is 13. The van der Waals surface area contributed by atoms with Crippen molar-refractivity contribution in [2.24, 2.45) is 0 Å². The molecule has 0 aliphatic heterocycles. The van der Waals surface area contributed by atoms with Crippen molar-refractivity contribution in [2.45, 2.75) is 76.9 Å². The van der Waals surface area contributed by atoms with Gasteiger partial charge in [-0.1, -0.05) is 43.0 Å². The fourth-order valence-electron chi connectivity index (χ4n) is 4.19. The molecular formula is C26H43N3O2. The number of carbonyl (C=O) groups is 1. The van der Waals surface area contributed by atoms with Gasteiger partial charge in [-0.15, -0.1) is 6.58 Å². The van der Waals surface area contributed by atoms with Gasteiger partial charge in [0.05, 0.1) is 6.10 Å². The van der Waals surface area contributed by atoms with Gasteiger partial charge in [0.25, 0.3) is 0 Å². The lowest BCUT2D eigenvalue weighted by Crippen LogP contribution is -2.42. The molecule has 1 aliphatic carbocycles. The Morgan fingerprint density at radius 3 is 2.39 bits per heavy atom. The number of ether oxygens (including phenoxy) is 1. The molecule has 5 heteroatoms. The number of nitrogens with one attached hydrogen (secondary N) is 1. The minimum atomic E-state index is -0.0242. The molecule has 0 saturated heterocycles. The van der Waals surface area contributed by atoms with Crippen LogP contribution in [0, 0.1) is 6.92 Å². The van der Waals surface area contributed by atoms with Crippen LogP contribution < -0.4 is 5.32 Å². The van der Waals surface area contributed by atoms with E-state index in [4.69, 9.17) is 4.74 Å². The Labute approximate surface area is 189 Å². The Hall–Kier alpha value is -1.85. The maximum absolute atomic E-state index is 12.5. The van der Waals surface area contributed by atoms with Crippen LogP contribution in [0.3, 0.4) is 0 Å². The second kappa shape index (κ2) is 14.3. The Bertz CT molecular complexity index is 639. The molecule has 1 aliphatic rings. The zero-order chi connectivity index (χ0) is 22.5. The molecule has 5 nitrogen and oxygen atoms in total. The number of aryl methyl sites for hydroxylation is 1. The molecule has 174 valence electrons. The first kappa shape index (κ1) is 25.4. The lowest BCUT2D eigenvalue weighted by Gasteiger charge is -2.34. The molecular weight excluding hydrogens is 386 g/mol. The fraction of sp³-hybridized carbons (Fsp3) is 0.654. The van der Waals surface area contributed by atoms with E-state index >= 15 is 0 Å². The molecule has 1 N–H and O–H groups in total. The van der Waals surface area contributed by atoms with Crippen LogP contribution in [0.15, 0.2) is 36.9 Å². The number of nitrogens with zero attached hydrogens (tertiary/aromatic N) is 2. The van der Waals surface area contributed by atoms with Gasteiger partial charge < -0.3 is 19.9 Å². The maximum atomic E-state index is 12.5. The van der Waals surface area contributed by atoms with Crippen molar-refractivity contribution in [3.8, 4) is 0 Å². The van der Waals surface area contributed by atoms with Crippen molar-refractivity contribution >= 4 is 11.7 Å². The van der Waals surface area contributed by atoms with Crippen LogP contribution in [0.5, 0.6) is 0 Å². The topological polar surface area (TPSA) is 44.8 Å². The van der Waals surface area contributed by atoms with Gasteiger partial charge >= 0.3 is 6.03 Å². The molecule has 0 unspecified atom stereocenters. The Kier molecular flexibility index (Phi) is 11.7. The lowest BCUT2D eigenvalue weighted by molar-refractivity contribution is 0.0130. The summed E-state index contributed by atoms with van der Waals surface area (Å²) in [6.07, 6.45) is 12.7. The monoisotopic (exact) mass is 429 g/mol. The van der Waals surface area contributed by atoms with E-state index in [1.54, 1.807) is 0 Å². The van der Waals surface area contributed by atoms with Crippen LogP contribution in [0.25, 0.3) is 0 Å². The van der Waals surface area contributed by atoms with Gasteiger partial charge in [0.15, 0.2) is 0 Å². The highest BCUT2D eigenvalue weighted by Crippen LogP contribution is 2.25. The van der Waals surface area contributed by atoms with Crippen molar-refractivity contribution < 1.29 is 9.53 Å². The van der Waals surface area contributed by atoms with Crippen molar-refractivity contribution in [1.29, 1.82) is 0 Å². The minimum Gasteiger partial charge on any atom is -0.378 e. The number of hydrogen-bond acceptors (Lipinski definition) is 3. The van der Waals surface area contributed by atoms with Gasteiger partial charge in [-0.3, -0.25) is 0 Å². The quantitative estimate of drug-likeness (QED) is 0.316. The molecule has 0 atom stereocenters. The summed E-state index contributed by atoms with van der Waals surface area (Å²) in [4.78, 5) is 16.7. The molecule has 0 spiro atoms.